The normalized spacial score (nSPS) is 10.5. The van der Waals surface area contributed by atoms with Crippen molar-refractivity contribution in [3.63, 3.8) is 0 Å². The average molecular weight is 212 g/mol. The van der Waals surface area contributed by atoms with Gasteiger partial charge >= 0.3 is 0 Å². The number of rotatable bonds is 2. The SMILES string of the molecule is c1cc(-n2cccn2)nc(-n2cncn2)c1. The molecule has 0 bridgehead atoms. The molecule has 0 atom stereocenters. The summed E-state index contributed by atoms with van der Waals surface area (Å²) in [5.74, 6) is 1.46. The molecule has 0 aliphatic rings. The van der Waals surface area contributed by atoms with Crippen molar-refractivity contribution in [2.24, 2.45) is 0 Å². The summed E-state index contributed by atoms with van der Waals surface area (Å²) in [6, 6.07) is 7.50. The van der Waals surface area contributed by atoms with Crippen LogP contribution < -0.4 is 0 Å². The molecule has 0 spiro atoms. The summed E-state index contributed by atoms with van der Waals surface area (Å²) in [5, 5.41) is 8.14. The van der Waals surface area contributed by atoms with Crippen molar-refractivity contribution in [2.45, 2.75) is 0 Å². The number of hydrogen-bond donors (Lipinski definition) is 0. The van der Waals surface area contributed by atoms with Gasteiger partial charge in [-0.2, -0.15) is 10.2 Å². The first-order valence-corrected chi connectivity index (χ1v) is 4.75. The summed E-state index contributed by atoms with van der Waals surface area (Å²) in [5.41, 5.74) is 0. The van der Waals surface area contributed by atoms with Gasteiger partial charge in [0, 0.05) is 12.4 Å². The third-order valence-electron chi connectivity index (χ3n) is 2.11. The standard InChI is InChI=1S/C10H8N6/c1-3-9(15-6-2-5-12-15)14-10(4-1)16-8-11-7-13-16/h1-8H. The van der Waals surface area contributed by atoms with Crippen LogP contribution in [0.15, 0.2) is 49.3 Å². The highest BCUT2D eigenvalue weighted by Gasteiger charge is 2.01. The lowest BCUT2D eigenvalue weighted by Crippen LogP contribution is -2.03. The van der Waals surface area contributed by atoms with Crippen LogP contribution in [0.4, 0.5) is 0 Å². The molecular weight excluding hydrogens is 204 g/mol. The predicted molar refractivity (Wildman–Crippen MR) is 56.3 cm³/mol. The van der Waals surface area contributed by atoms with Crippen molar-refractivity contribution in [1.82, 2.24) is 29.5 Å². The van der Waals surface area contributed by atoms with Crippen LogP contribution in [0.2, 0.25) is 0 Å². The fourth-order valence-electron chi connectivity index (χ4n) is 1.40. The molecule has 0 aliphatic carbocycles. The van der Waals surface area contributed by atoms with Gasteiger partial charge in [-0.05, 0) is 18.2 Å². The second-order valence-electron chi connectivity index (χ2n) is 3.14. The van der Waals surface area contributed by atoms with E-state index in [0.29, 0.717) is 5.82 Å². The number of hydrogen-bond acceptors (Lipinski definition) is 4. The van der Waals surface area contributed by atoms with E-state index >= 15 is 0 Å². The van der Waals surface area contributed by atoms with Crippen LogP contribution in [0.25, 0.3) is 11.6 Å². The Hall–Kier alpha value is -2.50. The molecule has 0 saturated heterocycles. The lowest BCUT2D eigenvalue weighted by atomic mass is 10.4. The van der Waals surface area contributed by atoms with Crippen molar-refractivity contribution in [2.75, 3.05) is 0 Å². The molecule has 3 heterocycles. The summed E-state index contributed by atoms with van der Waals surface area (Å²) in [4.78, 5) is 8.30. The average Bonchev–Trinajstić information content (AvgIpc) is 3.03. The van der Waals surface area contributed by atoms with Crippen LogP contribution in [-0.4, -0.2) is 29.5 Å². The maximum atomic E-state index is 4.42. The van der Waals surface area contributed by atoms with Crippen LogP contribution in [0.3, 0.4) is 0 Å². The largest absolute Gasteiger partial charge is 0.223 e. The molecule has 6 nitrogen and oxygen atoms in total. The number of pyridine rings is 1. The Bertz CT molecular complexity index is 520. The molecule has 6 heteroatoms. The Kier molecular flexibility index (Phi) is 1.96. The third-order valence-corrected chi connectivity index (χ3v) is 2.11. The highest BCUT2D eigenvalue weighted by atomic mass is 15.4. The minimum absolute atomic E-state index is 0.713. The van der Waals surface area contributed by atoms with Crippen molar-refractivity contribution in [3.05, 3.63) is 49.3 Å². The fourth-order valence-corrected chi connectivity index (χ4v) is 1.40. The van der Waals surface area contributed by atoms with Crippen LogP contribution in [0.5, 0.6) is 0 Å². The quantitative estimate of drug-likeness (QED) is 0.631. The van der Waals surface area contributed by atoms with Gasteiger partial charge in [0.2, 0.25) is 0 Å². The first-order chi connectivity index (χ1) is 7.93. The Labute approximate surface area is 91.2 Å². The van der Waals surface area contributed by atoms with E-state index in [-0.39, 0.29) is 0 Å². The maximum Gasteiger partial charge on any atom is 0.157 e. The van der Waals surface area contributed by atoms with Gasteiger partial charge in [0.15, 0.2) is 11.6 Å². The molecule has 0 radical (unpaired) electrons. The van der Waals surface area contributed by atoms with Gasteiger partial charge in [0.25, 0.3) is 0 Å². The molecule has 3 aromatic rings. The van der Waals surface area contributed by atoms with Crippen LogP contribution in [0, 0.1) is 0 Å². The molecule has 78 valence electrons. The minimum Gasteiger partial charge on any atom is -0.223 e. The molecule has 0 unspecified atom stereocenters. The second-order valence-corrected chi connectivity index (χ2v) is 3.14. The topological polar surface area (TPSA) is 61.4 Å². The third kappa shape index (κ3) is 1.46. The van der Waals surface area contributed by atoms with E-state index in [4.69, 9.17) is 0 Å². The molecule has 16 heavy (non-hydrogen) atoms. The van der Waals surface area contributed by atoms with E-state index in [1.807, 2.05) is 30.5 Å². The van der Waals surface area contributed by atoms with Crippen LogP contribution in [-0.2, 0) is 0 Å². The van der Waals surface area contributed by atoms with Crippen LogP contribution >= 0.6 is 0 Å². The predicted octanol–water partition coefficient (Wildman–Crippen LogP) is 0.848. The van der Waals surface area contributed by atoms with E-state index in [9.17, 15) is 0 Å². The van der Waals surface area contributed by atoms with E-state index in [1.165, 1.54) is 6.33 Å². The second kappa shape index (κ2) is 3.58. The molecule has 0 N–H and O–H groups in total. The van der Waals surface area contributed by atoms with Gasteiger partial charge in [-0.25, -0.2) is 19.3 Å². The Morgan fingerprint density at radius 2 is 1.81 bits per heavy atom. The summed E-state index contributed by atoms with van der Waals surface area (Å²) in [7, 11) is 0. The summed E-state index contributed by atoms with van der Waals surface area (Å²) in [6.07, 6.45) is 6.63. The van der Waals surface area contributed by atoms with Gasteiger partial charge in [-0.1, -0.05) is 6.07 Å². The molecule has 3 rings (SSSR count). The smallest absolute Gasteiger partial charge is 0.157 e. The first-order valence-electron chi connectivity index (χ1n) is 4.75. The minimum atomic E-state index is 0.713. The van der Waals surface area contributed by atoms with Gasteiger partial charge < -0.3 is 0 Å². The van der Waals surface area contributed by atoms with Crippen molar-refractivity contribution < 1.29 is 0 Å². The summed E-state index contributed by atoms with van der Waals surface area (Å²) >= 11 is 0. The first kappa shape index (κ1) is 8.78. The highest BCUT2D eigenvalue weighted by Crippen LogP contribution is 2.06. The van der Waals surface area contributed by atoms with Crippen molar-refractivity contribution in [3.8, 4) is 11.6 Å². The molecule has 0 aromatic carbocycles. The van der Waals surface area contributed by atoms with Crippen LogP contribution in [0.1, 0.15) is 0 Å². The summed E-state index contributed by atoms with van der Waals surface area (Å²) < 4.78 is 3.30. The number of nitrogens with zero attached hydrogens (tertiary/aromatic N) is 6. The zero-order chi connectivity index (χ0) is 10.8. The Morgan fingerprint density at radius 3 is 2.50 bits per heavy atom. The lowest BCUT2D eigenvalue weighted by molar-refractivity contribution is 0.802. The molecule has 0 saturated carbocycles. The molecule has 3 aromatic heterocycles. The molecule has 0 amide bonds. The van der Waals surface area contributed by atoms with Gasteiger partial charge in [0.05, 0.1) is 0 Å². The fraction of sp³-hybridized carbons (Fsp3) is 0. The zero-order valence-corrected chi connectivity index (χ0v) is 8.30. The van der Waals surface area contributed by atoms with Crippen molar-refractivity contribution >= 4 is 0 Å². The van der Waals surface area contributed by atoms with Crippen molar-refractivity contribution in [1.29, 1.82) is 0 Å². The van der Waals surface area contributed by atoms with E-state index in [2.05, 4.69) is 20.2 Å². The highest BCUT2D eigenvalue weighted by molar-refractivity contribution is 5.30. The lowest BCUT2D eigenvalue weighted by Gasteiger charge is -2.03. The maximum absolute atomic E-state index is 4.42. The molecule has 0 fully saturated rings. The monoisotopic (exact) mass is 212 g/mol. The zero-order valence-electron chi connectivity index (χ0n) is 8.30. The van der Waals surface area contributed by atoms with Gasteiger partial charge in [-0.15, -0.1) is 0 Å². The van der Waals surface area contributed by atoms with E-state index in [1.54, 1.807) is 21.9 Å². The molecule has 0 aliphatic heterocycles. The summed E-state index contributed by atoms with van der Waals surface area (Å²) in [6.45, 7) is 0. The van der Waals surface area contributed by atoms with E-state index < -0.39 is 0 Å². The Balaban J connectivity index is 2.07. The number of aromatic nitrogens is 6. The van der Waals surface area contributed by atoms with Gasteiger partial charge in [0.1, 0.15) is 12.7 Å². The van der Waals surface area contributed by atoms with E-state index in [0.717, 1.165) is 5.82 Å². The van der Waals surface area contributed by atoms with Gasteiger partial charge in [-0.3, -0.25) is 0 Å². The molecular formula is C10H8N6. The Morgan fingerprint density at radius 1 is 0.938 bits per heavy atom.